The lowest BCUT2D eigenvalue weighted by atomic mass is 10.1. The molecule has 4 aromatic rings. The maximum absolute atomic E-state index is 13.4. The summed E-state index contributed by atoms with van der Waals surface area (Å²) in [5, 5.41) is 11.1. The van der Waals surface area contributed by atoms with Gasteiger partial charge in [-0.3, -0.25) is 0 Å². The summed E-state index contributed by atoms with van der Waals surface area (Å²) in [6.45, 7) is 0. The number of benzene rings is 3. The molecule has 1 atom stereocenters. The SMILES string of the molecule is Fc1ccc(C(Nc2cccc(C(F)(F)F)c2)c2nnc(-c3ccccc3)o2)cc1. The van der Waals surface area contributed by atoms with Crippen LogP contribution in [0.4, 0.5) is 23.2 Å². The van der Waals surface area contributed by atoms with Crippen molar-refractivity contribution in [1.29, 1.82) is 0 Å². The Balaban J connectivity index is 1.71. The van der Waals surface area contributed by atoms with Crippen molar-refractivity contribution in [3.8, 4) is 11.5 Å². The largest absolute Gasteiger partial charge is 0.418 e. The highest BCUT2D eigenvalue weighted by Crippen LogP contribution is 2.33. The van der Waals surface area contributed by atoms with Gasteiger partial charge in [0.15, 0.2) is 0 Å². The number of alkyl halides is 3. The molecule has 0 spiro atoms. The molecule has 0 aliphatic heterocycles. The Morgan fingerprint density at radius 2 is 1.57 bits per heavy atom. The zero-order valence-electron chi connectivity index (χ0n) is 15.4. The number of nitrogens with zero attached hydrogens (tertiary/aromatic N) is 2. The molecule has 4 rings (SSSR count). The molecule has 0 amide bonds. The average molecular weight is 413 g/mol. The van der Waals surface area contributed by atoms with Gasteiger partial charge in [0.1, 0.15) is 11.9 Å². The van der Waals surface area contributed by atoms with Crippen molar-refractivity contribution in [1.82, 2.24) is 10.2 Å². The van der Waals surface area contributed by atoms with E-state index in [4.69, 9.17) is 4.42 Å². The molecule has 1 aromatic heterocycles. The van der Waals surface area contributed by atoms with Crippen molar-refractivity contribution < 1.29 is 22.0 Å². The van der Waals surface area contributed by atoms with Crippen molar-refractivity contribution in [3.63, 3.8) is 0 Å². The van der Waals surface area contributed by atoms with Gasteiger partial charge in [-0.2, -0.15) is 13.2 Å². The van der Waals surface area contributed by atoms with Crippen molar-refractivity contribution in [2.45, 2.75) is 12.2 Å². The van der Waals surface area contributed by atoms with Crippen LogP contribution in [0.15, 0.2) is 83.3 Å². The standard InChI is InChI=1S/C22H15F4N3O/c23-17-11-9-14(10-12-17)19(27-18-8-4-7-16(13-18)22(24,25)26)21-29-28-20(30-21)15-5-2-1-3-6-15/h1-13,19,27H. The minimum absolute atomic E-state index is 0.137. The molecule has 4 nitrogen and oxygen atoms in total. The third-order valence-electron chi connectivity index (χ3n) is 4.41. The fourth-order valence-corrected chi connectivity index (χ4v) is 2.94. The minimum Gasteiger partial charge on any atom is -0.418 e. The van der Waals surface area contributed by atoms with E-state index in [0.717, 1.165) is 12.1 Å². The number of halogens is 4. The topological polar surface area (TPSA) is 51.0 Å². The van der Waals surface area contributed by atoms with Gasteiger partial charge in [-0.1, -0.05) is 36.4 Å². The molecule has 1 unspecified atom stereocenters. The van der Waals surface area contributed by atoms with Crippen LogP contribution in [0.5, 0.6) is 0 Å². The second-order valence-corrected chi connectivity index (χ2v) is 6.52. The molecular formula is C22H15F4N3O. The Bertz CT molecular complexity index is 1130. The number of hydrogen-bond donors (Lipinski definition) is 1. The zero-order valence-corrected chi connectivity index (χ0v) is 15.4. The molecule has 30 heavy (non-hydrogen) atoms. The summed E-state index contributed by atoms with van der Waals surface area (Å²) in [6.07, 6.45) is -4.48. The molecule has 0 bridgehead atoms. The van der Waals surface area contributed by atoms with E-state index >= 15 is 0 Å². The Labute approximate surface area is 169 Å². The molecule has 0 aliphatic carbocycles. The van der Waals surface area contributed by atoms with Gasteiger partial charge in [0.05, 0.1) is 5.56 Å². The summed E-state index contributed by atoms with van der Waals surface area (Å²) >= 11 is 0. The van der Waals surface area contributed by atoms with E-state index in [0.29, 0.717) is 11.1 Å². The molecular weight excluding hydrogens is 398 g/mol. The number of rotatable bonds is 5. The summed E-state index contributed by atoms with van der Waals surface area (Å²) < 4.78 is 58.4. The fourth-order valence-electron chi connectivity index (χ4n) is 2.94. The van der Waals surface area contributed by atoms with Crippen LogP contribution in [0.1, 0.15) is 23.1 Å². The fraction of sp³-hybridized carbons (Fsp3) is 0.0909. The van der Waals surface area contributed by atoms with E-state index in [1.165, 1.54) is 36.4 Å². The second kappa shape index (κ2) is 7.98. The van der Waals surface area contributed by atoms with Crippen LogP contribution >= 0.6 is 0 Å². The lowest BCUT2D eigenvalue weighted by Gasteiger charge is -2.18. The van der Waals surface area contributed by atoms with Gasteiger partial charge >= 0.3 is 6.18 Å². The molecule has 0 radical (unpaired) electrons. The molecule has 0 saturated carbocycles. The van der Waals surface area contributed by atoms with Gasteiger partial charge in [-0.25, -0.2) is 4.39 Å². The van der Waals surface area contributed by atoms with Crippen LogP contribution in [-0.4, -0.2) is 10.2 Å². The first-order valence-electron chi connectivity index (χ1n) is 8.98. The first kappa shape index (κ1) is 19.6. The lowest BCUT2D eigenvalue weighted by molar-refractivity contribution is -0.137. The molecule has 0 fully saturated rings. The van der Waals surface area contributed by atoms with Gasteiger partial charge < -0.3 is 9.73 Å². The lowest BCUT2D eigenvalue weighted by Crippen LogP contribution is -2.14. The van der Waals surface area contributed by atoms with Crippen LogP contribution in [0.2, 0.25) is 0 Å². The summed E-state index contributed by atoms with van der Waals surface area (Å²) in [4.78, 5) is 0. The monoisotopic (exact) mass is 413 g/mol. The van der Waals surface area contributed by atoms with Gasteiger partial charge in [0, 0.05) is 11.3 Å². The van der Waals surface area contributed by atoms with E-state index in [-0.39, 0.29) is 17.5 Å². The van der Waals surface area contributed by atoms with Gasteiger partial charge in [-0.05, 0) is 48.0 Å². The van der Waals surface area contributed by atoms with E-state index in [1.807, 2.05) is 18.2 Å². The van der Waals surface area contributed by atoms with E-state index in [9.17, 15) is 17.6 Å². The molecule has 0 saturated heterocycles. The third-order valence-corrected chi connectivity index (χ3v) is 4.41. The number of anilines is 1. The molecule has 0 aliphatic rings. The minimum atomic E-state index is -4.48. The van der Waals surface area contributed by atoms with Gasteiger partial charge in [0.25, 0.3) is 0 Å². The number of hydrogen-bond acceptors (Lipinski definition) is 4. The Morgan fingerprint density at radius 3 is 2.27 bits per heavy atom. The maximum Gasteiger partial charge on any atom is 0.416 e. The van der Waals surface area contributed by atoms with Crippen LogP contribution < -0.4 is 5.32 Å². The van der Waals surface area contributed by atoms with Crippen LogP contribution in [0.25, 0.3) is 11.5 Å². The van der Waals surface area contributed by atoms with Crippen molar-refractivity contribution >= 4 is 5.69 Å². The first-order valence-corrected chi connectivity index (χ1v) is 8.98. The van der Waals surface area contributed by atoms with Gasteiger partial charge in [0.2, 0.25) is 11.8 Å². The molecule has 1 N–H and O–H groups in total. The molecule has 8 heteroatoms. The predicted molar refractivity (Wildman–Crippen MR) is 103 cm³/mol. The quantitative estimate of drug-likeness (QED) is 0.402. The summed E-state index contributed by atoms with van der Waals surface area (Å²) in [7, 11) is 0. The Morgan fingerprint density at radius 1 is 0.833 bits per heavy atom. The number of nitrogens with one attached hydrogen (secondary N) is 1. The maximum atomic E-state index is 13.4. The number of aromatic nitrogens is 2. The summed E-state index contributed by atoms with van der Waals surface area (Å²) in [5.41, 5.74) is 0.671. The third kappa shape index (κ3) is 4.32. The van der Waals surface area contributed by atoms with Crippen LogP contribution in [0, 0.1) is 5.82 Å². The molecule has 3 aromatic carbocycles. The summed E-state index contributed by atoms with van der Waals surface area (Å²) in [6, 6.07) is 18.6. The van der Waals surface area contributed by atoms with Crippen LogP contribution in [-0.2, 0) is 6.18 Å². The van der Waals surface area contributed by atoms with Crippen molar-refractivity contribution in [2.75, 3.05) is 5.32 Å². The highest BCUT2D eigenvalue weighted by molar-refractivity contribution is 5.53. The second-order valence-electron chi connectivity index (χ2n) is 6.52. The van der Waals surface area contributed by atoms with E-state index in [1.54, 1.807) is 12.1 Å². The highest BCUT2D eigenvalue weighted by Gasteiger charge is 2.31. The zero-order chi connectivity index (χ0) is 21.1. The van der Waals surface area contributed by atoms with Crippen LogP contribution in [0.3, 0.4) is 0 Å². The normalized spacial score (nSPS) is 12.5. The van der Waals surface area contributed by atoms with E-state index < -0.39 is 23.6 Å². The van der Waals surface area contributed by atoms with E-state index in [2.05, 4.69) is 15.5 Å². The summed E-state index contributed by atoms with van der Waals surface area (Å²) in [5.74, 6) is -0.0338. The predicted octanol–water partition coefficient (Wildman–Crippen LogP) is 6.10. The Kier molecular flexibility index (Phi) is 5.22. The van der Waals surface area contributed by atoms with Crippen molar-refractivity contribution in [3.05, 3.63) is 102 Å². The smallest absolute Gasteiger partial charge is 0.416 e. The van der Waals surface area contributed by atoms with Gasteiger partial charge in [-0.15, -0.1) is 10.2 Å². The molecule has 1 heterocycles. The first-order chi connectivity index (χ1) is 14.4. The van der Waals surface area contributed by atoms with Crippen molar-refractivity contribution in [2.24, 2.45) is 0 Å². The Hall–Kier alpha value is -3.68. The highest BCUT2D eigenvalue weighted by atomic mass is 19.4. The molecule has 152 valence electrons. The average Bonchev–Trinajstić information content (AvgIpc) is 3.23.